The number of amides is 1. The van der Waals surface area contributed by atoms with Gasteiger partial charge in [0.1, 0.15) is 6.61 Å². The number of primary amides is 1. The van der Waals surface area contributed by atoms with Gasteiger partial charge >= 0.3 is 12.1 Å². The minimum absolute atomic E-state index is 0.00749. The van der Waals surface area contributed by atoms with E-state index in [1.807, 2.05) is 29.8 Å². The molecule has 2 aromatic carbocycles. The Hall–Kier alpha value is -3.73. The quantitative estimate of drug-likeness (QED) is 0.200. The van der Waals surface area contributed by atoms with E-state index >= 15 is 0 Å². The van der Waals surface area contributed by atoms with Crippen LogP contribution in [0.5, 0.6) is 11.5 Å². The molecule has 1 aromatic heterocycles. The summed E-state index contributed by atoms with van der Waals surface area (Å²) in [6.45, 7) is 7.49. The third-order valence-corrected chi connectivity index (χ3v) is 6.21. The van der Waals surface area contributed by atoms with E-state index in [-0.39, 0.29) is 36.7 Å². The molecular formula is C30H38F3N3O5. The lowest BCUT2D eigenvalue weighted by Gasteiger charge is -2.17. The third kappa shape index (κ3) is 9.70. The average molecular weight is 578 g/mol. The summed E-state index contributed by atoms with van der Waals surface area (Å²) in [7, 11) is 0. The molecule has 0 aliphatic carbocycles. The maximum atomic E-state index is 12.5. The van der Waals surface area contributed by atoms with Crippen LogP contribution in [-0.4, -0.2) is 55.0 Å². The summed E-state index contributed by atoms with van der Waals surface area (Å²) in [6.07, 6.45) is -1.35. The van der Waals surface area contributed by atoms with Gasteiger partial charge in [0.25, 0.3) is 5.91 Å². The molecule has 3 rings (SSSR count). The molecule has 8 nitrogen and oxygen atoms in total. The van der Waals surface area contributed by atoms with E-state index < -0.39 is 24.1 Å². The molecule has 0 aliphatic heterocycles. The van der Waals surface area contributed by atoms with E-state index in [4.69, 9.17) is 19.9 Å². The number of halogens is 3. The van der Waals surface area contributed by atoms with Crippen LogP contribution in [0.25, 0.3) is 10.9 Å². The number of ether oxygens (including phenoxy) is 3. The lowest BCUT2D eigenvalue weighted by Crippen LogP contribution is -2.32. The number of hydrogen-bond acceptors (Lipinski definition) is 6. The summed E-state index contributed by atoms with van der Waals surface area (Å²) in [6, 6.07) is 12.0. The highest BCUT2D eigenvalue weighted by Gasteiger charge is 2.29. The Morgan fingerprint density at radius 1 is 1.02 bits per heavy atom. The summed E-state index contributed by atoms with van der Waals surface area (Å²) in [5, 5.41) is 4.21. The Kier molecular flexibility index (Phi) is 10.7. The second-order valence-corrected chi connectivity index (χ2v) is 11.0. The largest absolute Gasteiger partial charge is 0.488 e. The van der Waals surface area contributed by atoms with Gasteiger partial charge in [-0.05, 0) is 76.4 Å². The van der Waals surface area contributed by atoms with Gasteiger partial charge < -0.3 is 29.8 Å². The molecule has 0 unspecified atom stereocenters. The van der Waals surface area contributed by atoms with E-state index in [1.54, 1.807) is 45.0 Å². The Balaban J connectivity index is 1.55. The molecular weight excluding hydrogens is 539 g/mol. The second-order valence-electron chi connectivity index (χ2n) is 11.0. The minimum Gasteiger partial charge on any atom is -0.488 e. The number of hydrogen-bond donors (Lipinski definition) is 2. The number of carbonyl (C=O) groups is 2. The molecule has 11 heteroatoms. The second kappa shape index (κ2) is 13.8. The summed E-state index contributed by atoms with van der Waals surface area (Å²) < 4.78 is 55.3. The van der Waals surface area contributed by atoms with Crippen LogP contribution in [0.4, 0.5) is 13.2 Å². The van der Waals surface area contributed by atoms with Gasteiger partial charge in [0.15, 0.2) is 18.1 Å². The monoisotopic (exact) mass is 577 g/mol. The minimum atomic E-state index is -4.44. The average Bonchev–Trinajstić information content (AvgIpc) is 3.29. The van der Waals surface area contributed by atoms with Crippen LogP contribution in [-0.2, 0) is 22.5 Å². The van der Waals surface area contributed by atoms with Crippen molar-refractivity contribution < 1.29 is 37.0 Å². The first kappa shape index (κ1) is 31.8. The van der Waals surface area contributed by atoms with E-state index in [9.17, 15) is 22.8 Å². The number of rotatable bonds is 14. The number of nitrogens with one attached hydrogen (secondary N) is 1. The van der Waals surface area contributed by atoms with Gasteiger partial charge in [-0.15, -0.1) is 0 Å². The van der Waals surface area contributed by atoms with Gasteiger partial charge in [0.05, 0.1) is 23.1 Å². The van der Waals surface area contributed by atoms with Gasteiger partial charge in [-0.3, -0.25) is 9.59 Å². The van der Waals surface area contributed by atoms with Crippen LogP contribution >= 0.6 is 0 Å². The van der Waals surface area contributed by atoms with Crippen molar-refractivity contribution in [2.24, 2.45) is 11.1 Å². The Bertz CT molecular complexity index is 1330. The first-order valence-corrected chi connectivity index (χ1v) is 13.5. The zero-order valence-electron chi connectivity index (χ0n) is 23.8. The smallest absolute Gasteiger partial charge is 0.422 e. The Labute approximate surface area is 237 Å². The van der Waals surface area contributed by atoms with Crippen molar-refractivity contribution in [3.63, 3.8) is 0 Å². The standard InChI is InChI=1S/C30H38F3N3O5/c1-20(35-11-15-39-24-8-5-6-9-25(24)41-19-30(31,32)33)16-21-17-22-10-13-36(26(22)23(18-21)27(34)37)12-7-14-40-28(38)29(2,3)4/h5-6,8-10,13,17-18,20,35H,7,11-12,14-16,19H2,1-4H3,(H2,34,37)/t20-/m1/s1. The van der Waals surface area contributed by atoms with Crippen LogP contribution < -0.4 is 20.5 Å². The van der Waals surface area contributed by atoms with Gasteiger partial charge in [0.2, 0.25) is 0 Å². The molecule has 1 atom stereocenters. The number of alkyl halides is 3. The molecule has 1 amide bonds. The number of benzene rings is 2. The number of aromatic nitrogens is 1. The fourth-order valence-corrected chi connectivity index (χ4v) is 4.26. The number of esters is 1. The number of para-hydroxylation sites is 2. The predicted molar refractivity (Wildman–Crippen MR) is 150 cm³/mol. The van der Waals surface area contributed by atoms with Crippen molar-refractivity contribution in [3.05, 3.63) is 59.8 Å². The van der Waals surface area contributed by atoms with E-state index in [2.05, 4.69) is 5.32 Å². The predicted octanol–water partition coefficient (Wildman–Crippen LogP) is 5.26. The molecule has 0 aliphatic rings. The van der Waals surface area contributed by atoms with Crippen LogP contribution in [0.15, 0.2) is 48.7 Å². The molecule has 0 radical (unpaired) electrons. The van der Waals surface area contributed by atoms with Gasteiger partial charge in [-0.1, -0.05) is 12.1 Å². The van der Waals surface area contributed by atoms with Crippen molar-refractivity contribution in [1.82, 2.24) is 9.88 Å². The fraction of sp³-hybridized carbons (Fsp3) is 0.467. The maximum absolute atomic E-state index is 12.5. The van der Waals surface area contributed by atoms with Crippen LogP contribution in [0, 0.1) is 5.41 Å². The van der Waals surface area contributed by atoms with Crippen LogP contribution in [0.1, 0.15) is 50.0 Å². The van der Waals surface area contributed by atoms with Gasteiger partial charge in [0, 0.05) is 30.7 Å². The van der Waals surface area contributed by atoms with E-state index in [0.717, 1.165) is 16.5 Å². The first-order chi connectivity index (χ1) is 19.2. The summed E-state index contributed by atoms with van der Waals surface area (Å²) in [4.78, 5) is 24.3. The molecule has 0 saturated carbocycles. The summed E-state index contributed by atoms with van der Waals surface area (Å²) in [5.41, 5.74) is 7.26. The van der Waals surface area contributed by atoms with Crippen LogP contribution in [0.2, 0.25) is 0 Å². The van der Waals surface area contributed by atoms with Crippen molar-refractivity contribution in [2.75, 3.05) is 26.4 Å². The summed E-state index contributed by atoms with van der Waals surface area (Å²) >= 11 is 0. The molecule has 224 valence electrons. The highest BCUT2D eigenvalue weighted by atomic mass is 19.4. The molecule has 3 aromatic rings. The maximum Gasteiger partial charge on any atom is 0.422 e. The normalized spacial score (nSPS) is 12.8. The number of fused-ring (bicyclic) bond motifs is 1. The van der Waals surface area contributed by atoms with Crippen molar-refractivity contribution in [1.29, 1.82) is 0 Å². The Morgan fingerprint density at radius 2 is 1.71 bits per heavy atom. The first-order valence-electron chi connectivity index (χ1n) is 13.5. The summed E-state index contributed by atoms with van der Waals surface area (Å²) in [5.74, 6) is -0.523. The molecule has 3 N–H and O–H groups in total. The van der Waals surface area contributed by atoms with E-state index in [1.165, 1.54) is 6.07 Å². The number of nitrogens with zero attached hydrogens (tertiary/aromatic N) is 1. The van der Waals surface area contributed by atoms with Gasteiger partial charge in [-0.25, -0.2) is 0 Å². The topological polar surface area (TPSA) is 105 Å². The molecule has 0 bridgehead atoms. The lowest BCUT2D eigenvalue weighted by atomic mass is 9.97. The molecule has 0 fully saturated rings. The van der Waals surface area contributed by atoms with E-state index in [0.29, 0.717) is 31.5 Å². The Morgan fingerprint density at radius 3 is 2.34 bits per heavy atom. The van der Waals surface area contributed by atoms with Crippen molar-refractivity contribution in [3.8, 4) is 11.5 Å². The van der Waals surface area contributed by atoms with Crippen molar-refractivity contribution in [2.45, 2.75) is 59.3 Å². The SMILES string of the molecule is C[C@H](Cc1cc(C(N)=O)c2c(ccn2CCCOC(=O)C(C)(C)C)c1)NCCOc1ccccc1OCC(F)(F)F. The lowest BCUT2D eigenvalue weighted by molar-refractivity contribution is -0.154. The molecule has 1 heterocycles. The molecule has 0 saturated heterocycles. The van der Waals surface area contributed by atoms with Crippen LogP contribution in [0.3, 0.4) is 0 Å². The zero-order chi connectivity index (χ0) is 30.2. The molecule has 0 spiro atoms. The fourth-order valence-electron chi connectivity index (χ4n) is 4.26. The highest BCUT2D eigenvalue weighted by molar-refractivity contribution is 6.05. The highest BCUT2D eigenvalue weighted by Crippen LogP contribution is 2.28. The van der Waals surface area contributed by atoms with Crippen molar-refractivity contribution >= 4 is 22.8 Å². The number of aryl methyl sites for hydroxylation is 1. The molecule has 41 heavy (non-hydrogen) atoms. The van der Waals surface area contributed by atoms with Gasteiger partial charge in [-0.2, -0.15) is 13.2 Å². The zero-order valence-corrected chi connectivity index (χ0v) is 23.8. The third-order valence-electron chi connectivity index (χ3n) is 6.21. The number of nitrogens with two attached hydrogens (primary N) is 1. The number of carbonyl (C=O) groups excluding carboxylic acids is 2.